The Morgan fingerprint density at radius 3 is 3.00 bits per heavy atom. The van der Waals surface area contributed by atoms with Crippen molar-refractivity contribution in [1.29, 1.82) is 0 Å². The van der Waals surface area contributed by atoms with Gasteiger partial charge in [0.25, 0.3) is 5.69 Å². The molecule has 13 heavy (non-hydrogen) atoms. The predicted molar refractivity (Wildman–Crippen MR) is 51.0 cm³/mol. The Bertz CT molecular complexity index is 478. The molecule has 5 heteroatoms. The van der Waals surface area contributed by atoms with Gasteiger partial charge in [-0.25, -0.2) is 0 Å². The summed E-state index contributed by atoms with van der Waals surface area (Å²) in [5.74, 6) is 0. The second-order valence-electron chi connectivity index (χ2n) is 2.70. The number of aryl methyl sites for hydroxylation is 1. The molecule has 0 atom stereocenters. The SMILES string of the molecule is Cc1c([N+](=O)[O-])ccc2sncc12. The van der Waals surface area contributed by atoms with Gasteiger partial charge in [0.2, 0.25) is 0 Å². The van der Waals surface area contributed by atoms with Gasteiger partial charge in [0, 0.05) is 23.2 Å². The highest BCUT2D eigenvalue weighted by Crippen LogP contribution is 2.28. The van der Waals surface area contributed by atoms with Gasteiger partial charge in [0.15, 0.2) is 0 Å². The van der Waals surface area contributed by atoms with E-state index in [-0.39, 0.29) is 10.6 Å². The molecule has 1 aromatic heterocycles. The lowest BCUT2D eigenvalue weighted by molar-refractivity contribution is -0.385. The van der Waals surface area contributed by atoms with E-state index in [9.17, 15) is 10.1 Å². The second kappa shape index (κ2) is 2.77. The number of fused-ring (bicyclic) bond motifs is 1. The van der Waals surface area contributed by atoms with Crippen molar-refractivity contribution in [2.24, 2.45) is 0 Å². The molecular weight excluding hydrogens is 188 g/mol. The monoisotopic (exact) mass is 194 g/mol. The van der Waals surface area contributed by atoms with Gasteiger partial charge in [-0.05, 0) is 24.5 Å². The highest BCUT2D eigenvalue weighted by atomic mass is 32.1. The van der Waals surface area contributed by atoms with E-state index in [1.807, 2.05) is 0 Å². The van der Waals surface area contributed by atoms with Crippen LogP contribution in [-0.4, -0.2) is 9.30 Å². The molecule has 0 fully saturated rings. The fourth-order valence-corrected chi connectivity index (χ4v) is 1.97. The second-order valence-corrected chi connectivity index (χ2v) is 3.54. The first-order chi connectivity index (χ1) is 6.20. The summed E-state index contributed by atoms with van der Waals surface area (Å²) in [6.45, 7) is 1.74. The highest BCUT2D eigenvalue weighted by molar-refractivity contribution is 7.13. The van der Waals surface area contributed by atoms with Crippen LogP contribution in [0.4, 0.5) is 5.69 Å². The Balaban J connectivity index is 2.80. The van der Waals surface area contributed by atoms with Crippen LogP contribution < -0.4 is 0 Å². The summed E-state index contributed by atoms with van der Waals surface area (Å²) < 4.78 is 4.97. The summed E-state index contributed by atoms with van der Waals surface area (Å²) >= 11 is 1.35. The maximum Gasteiger partial charge on any atom is 0.273 e. The Kier molecular flexibility index (Phi) is 1.73. The van der Waals surface area contributed by atoms with Gasteiger partial charge < -0.3 is 0 Å². The smallest absolute Gasteiger partial charge is 0.258 e. The van der Waals surface area contributed by atoms with E-state index >= 15 is 0 Å². The van der Waals surface area contributed by atoms with Crippen LogP contribution in [0.2, 0.25) is 0 Å². The van der Waals surface area contributed by atoms with Crippen molar-refractivity contribution in [2.45, 2.75) is 6.92 Å². The van der Waals surface area contributed by atoms with Crippen LogP contribution in [-0.2, 0) is 0 Å². The lowest BCUT2D eigenvalue weighted by atomic mass is 10.1. The topological polar surface area (TPSA) is 56.0 Å². The highest BCUT2D eigenvalue weighted by Gasteiger charge is 2.13. The van der Waals surface area contributed by atoms with Crippen LogP contribution in [0.1, 0.15) is 5.56 Å². The van der Waals surface area contributed by atoms with Crippen LogP contribution in [0.5, 0.6) is 0 Å². The molecule has 0 spiro atoms. The normalized spacial score (nSPS) is 10.5. The van der Waals surface area contributed by atoms with Crippen molar-refractivity contribution in [2.75, 3.05) is 0 Å². The maximum absolute atomic E-state index is 10.6. The lowest BCUT2D eigenvalue weighted by Gasteiger charge is -1.96. The number of benzene rings is 1. The van der Waals surface area contributed by atoms with E-state index < -0.39 is 0 Å². The van der Waals surface area contributed by atoms with Crippen molar-refractivity contribution in [3.8, 4) is 0 Å². The van der Waals surface area contributed by atoms with Crippen LogP contribution in [0.25, 0.3) is 10.1 Å². The molecule has 1 aromatic carbocycles. The van der Waals surface area contributed by atoms with Gasteiger partial charge in [-0.2, -0.15) is 4.37 Å². The molecule has 0 aliphatic heterocycles. The Hall–Kier alpha value is -1.49. The van der Waals surface area contributed by atoms with Crippen molar-refractivity contribution in [3.05, 3.63) is 34.0 Å². The van der Waals surface area contributed by atoms with Gasteiger partial charge in [0.1, 0.15) is 0 Å². The largest absolute Gasteiger partial charge is 0.273 e. The maximum atomic E-state index is 10.6. The van der Waals surface area contributed by atoms with Crippen molar-refractivity contribution in [1.82, 2.24) is 4.37 Å². The summed E-state index contributed by atoms with van der Waals surface area (Å²) in [6.07, 6.45) is 1.67. The summed E-state index contributed by atoms with van der Waals surface area (Å²) in [5.41, 5.74) is 0.851. The number of nitro groups is 1. The first kappa shape index (κ1) is 8.12. The lowest BCUT2D eigenvalue weighted by Crippen LogP contribution is -1.90. The molecule has 0 N–H and O–H groups in total. The van der Waals surface area contributed by atoms with Gasteiger partial charge in [0.05, 0.1) is 9.62 Å². The molecule has 0 saturated carbocycles. The van der Waals surface area contributed by atoms with E-state index in [0.29, 0.717) is 5.56 Å². The Morgan fingerprint density at radius 1 is 1.54 bits per heavy atom. The Morgan fingerprint density at radius 2 is 2.31 bits per heavy atom. The van der Waals surface area contributed by atoms with E-state index in [1.165, 1.54) is 17.6 Å². The summed E-state index contributed by atoms with van der Waals surface area (Å²) in [6, 6.07) is 3.26. The third-order valence-corrected chi connectivity index (χ3v) is 2.74. The van der Waals surface area contributed by atoms with E-state index in [4.69, 9.17) is 0 Å². The zero-order chi connectivity index (χ0) is 9.42. The molecule has 0 saturated heterocycles. The van der Waals surface area contributed by atoms with Crippen molar-refractivity contribution < 1.29 is 4.92 Å². The van der Waals surface area contributed by atoms with Crippen LogP contribution in [0.3, 0.4) is 0 Å². The standard InChI is InChI=1S/C8H6N2O2S/c1-5-6-4-9-13-8(6)3-2-7(5)10(11)12/h2-4H,1H3. The predicted octanol–water partition coefficient (Wildman–Crippen LogP) is 2.51. The zero-order valence-electron chi connectivity index (χ0n) is 6.85. The number of aromatic nitrogens is 1. The number of nitro benzene ring substituents is 1. The summed E-state index contributed by atoms with van der Waals surface area (Å²) in [4.78, 5) is 10.2. The van der Waals surface area contributed by atoms with E-state index in [0.717, 1.165) is 10.1 Å². The summed E-state index contributed by atoms with van der Waals surface area (Å²) in [5, 5.41) is 11.5. The fraction of sp³-hybridized carbons (Fsp3) is 0.125. The minimum atomic E-state index is -0.369. The number of hydrogen-bond donors (Lipinski definition) is 0. The molecule has 2 rings (SSSR count). The third-order valence-electron chi connectivity index (χ3n) is 1.98. The van der Waals surface area contributed by atoms with Crippen LogP contribution in [0.15, 0.2) is 18.3 Å². The Labute approximate surface area is 78.1 Å². The molecule has 0 amide bonds. The van der Waals surface area contributed by atoms with Crippen LogP contribution >= 0.6 is 11.5 Å². The number of nitrogens with zero attached hydrogens (tertiary/aromatic N) is 2. The number of rotatable bonds is 1. The average Bonchev–Trinajstić information content (AvgIpc) is 2.52. The minimum Gasteiger partial charge on any atom is -0.258 e. The van der Waals surface area contributed by atoms with Crippen molar-refractivity contribution in [3.63, 3.8) is 0 Å². The molecule has 0 aliphatic rings. The van der Waals surface area contributed by atoms with Gasteiger partial charge in [-0.15, -0.1) is 0 Å². The molecule has 4 nitrogen and oxygen atoms in total. The van der Waals surface area contributed by atoms with Crippen LogP contribution in [0, 0.1) is 17.0 Å². The fourth-order valence-electron chi connectivity index (χ4n) is 1.27. The molecule has 0 radical (unpaired) electrons. The number of hydrogen-bond acceptors (Lipinski definition) is 4. The van der Waals surface area contributed by atoms with E-state index in [2.05, 4.69) is 4.37 Å². The minimum absolute atomic E-state index is 0.160. The molecular formula is C8H6N2O2S. The quantitative estimate of drug-likeness (QED) is 0.517. The molecule has 2 aromatic rings. The average molecular weight is 194 g/mol. The first-order valence-electron chi connectivity index (χ1n) is 3.68. The molecule has 0 bridgehead atoms. The molecule has 0 aliphatic carbocycles. The van der Waals surface area contributed by atoms with Gasteiger partial charge in [-0.1, -0.05) is 0 Å². The van der Waals surface area contributed by atoms with Gasteiger partial charge in [-0.3, -0.25) is 10.1 Å². The van der Waals surface area contributed by atoms with Gasteiger partial charge >= 0.3 is 0 Å². The zero-order valence-corrected chi connectivity index (χ0v) is 7.67. The third kappa shape index (κ3) is 1.17. The summed E-state index contributed by atoms with van der Waals surface area (Å²) in [7, 11) is 0. The molecule has 66 valence electrons. The van der Waals surface area contributed by atoms with Crippen molar-refractivity contribution >= 4 is 27.3 Å². The molecule has 0 unspecified atom stereocenters. The first-order valence-corrected chi connectivity index (χ1v) is 4.46. The van der Waals surface area contributed by atoms with E-state index in [1.54, 1.807) is 19.2 Å². The molecule has 1 heterocycles.